The summed E-state index contributed by atoms with van der Waals surface area (Å²) in [5, 5.41) is 8.47. The molecule has 0 heterocycles. The summed E-state index contributed by atoms with van der Waals surface area (Å²) in [7, 11) is -0.644. The molecule has 0 aromatic rings. The topological polar surface area (TPSA) is 23.8 Å². The molecule has 0 amide bonds. The van der Waals surface area contributed by atoms with Gasteiger partial charge in [0.2, 0.25) is 0 Å². The van der Waals surface area contributed by atoms with Gasteiger partial charge in [0.25, 0.3) is 0 Å². The first-order chi connectivity index (χ1) is 14.7. The Morgan fingerprint density at radius 1 is 0.500 bits per heavy atom. The van der Waals surface area contributed by atoms with Crippen molar-refractivity contribution in [2.75, 3.05) is 24.6 Å². The molecule has 0 unspecified atom stereocenters. The van der Waals surface area contributed by atoms with Crippen LogP contribution in [0.25, 0.3) is 0 Å². The number of hydrogen-bond acceptors (Lipinski definition) is 2. The SMILES string of the molecule is CCCCCCCC[P+](CC)(CCCCCCCC)CCCCCCCC.N#C[S-]. The summed E-state index contributed by atoms with van der Waals surface area (Å²) in [5.41, 5.74) is 0. The summed E-state index contributed by atoms with van der Waals surface area (Å²) in [6.07, 6.45) is 32.9. The molecule has 0 saturated carbocycles. The van der Waals surface area contributed by atoms with Crippen molar-refractivity contribution in [2.24, 2.45) is 0 Å². The average Bonchev–Trinajstić information content (AvgIpc) is 2.75. The Morgan fingerprint density at radius 2 is 0.733 bits per heavy atom. The van der Waals surface area contributed by atoms with Crippen molar-refractivity contribution >= 4 is 19.9 Å². The van der Waals surface area contributed by atoms with Gasteiger partial charge in [-0.05, 0) is 45.4 Å². The normalized spacial score (nSPS) is 11.0. The predicted molar refractivity (Wildman–Crippen MR) is 145 cm³/mol. The van der Waals surface area contributed by atoms with E-state index in [9.17, 15) is 0 Å². The summed E-state index contributed by atoms with van der Waals surface area (Å²) in [4.78, 5) is 0. The maximum absolute atomic E-state index is 7.13. The van der Waals surface area contributed by atoms with Gasteiger partial charge >= 0.3 is 0 Å². The molecule has 0 rings (SSSR count). The Hall–Kier alpha value is 0.140. The number of rotatable bonds is 22. The van der Waals surface area contributed by atoms with Crippen LogP contribution in [0.1, 0.15) is 143 Å². The summed E-state index contributed by atoms with van der Waals surface area (Å²) in [6.45, 7) is 9.52. The standard InChI is InChI=1S/C26H56P.CHNS/c1-5-9-12-15-18-21-24-27(8-4,25-22-19-16-13-10-6-2)26-23-20-17-14-11-7-3;2-1-3/h5-26H2,1-4H3;3H/q+1;/p-1. The van der Waals surface area contributed by atoms with Crippen molar-refractivity contribution in [2.45, 2.75) is 143 Å². The number of nitrogens with zero attached hydrogens (tertiary/aromatic N) is 1. The van der Waals surface area contributed by atoms with E-state index >= 15 is 0 Å². The van der Waals surface area contributed by atoms with Crippen LogP contribution in [-0.4, -0.2) is 24.6 Å². The van der Waals surface area contributed by atoms with E-state index in [2.05, 4.69) is 40.3 Å². The quantitative estimate of drug-likeness (QED) is 0.0698. The van der Waals surface area contributed by atoms with Gasteiger partial charge in [-0.1, -0.05) is 103 Å². The van der Waals surface area contributed by atoms with Crippen LogP contribution in [0, 0.1) is 10.7 Å². The molecule has 0 bridgehead atoms. The van der Waals surface area contributed by atoms with Gasteiger partial charge in [0, 0.05) is 7.26 Å². The lowest BCUT2D eigenvalue weighted by Gasteiger charge is -2.27. The minimum Gasteiger partial charge on any atom is -0.696 e. The number of nitriles is 1. The summed E-state index contributed by atoms with van der Waals surface area (Å²) in [5.74, 6) is 0. The summed E-state index contributed by atoms with van der Waals surface area (Å²) < 4.78 is 0. The first-order valence-electron chi connectivity index (χ1n) is 13.5. The van der Waals surface area contributed by atoms with E-state index in [1.54, 1.807) is 18.5 Å². The van der Waals surface area contributed by atoms with Crippen LogP contribution in [0.3, 0.4) is 0 Å². The number of hydrogen-bond donors (Lipinski definition) is 0. The van der Waals surface area contributed by atoms with Gasteiger partial charge in [-0.3, -0.25) is 0 Å². The second-order valence-corrected chi connectivity index (χ2v) is 14.1. The first-order valence-corrected chi connectivity index (χ1v) is 16.5. The van der Waals surface area contributed by atoms with Gasteiger partial charge in [0.15, 0.2) is 0 Å². The molecule has 30 heavy (non-hydrogen) atoms. The Morgan fingerprint density at radius 3 is 0.967 bits per heavy atom. The van der Waals surface area contributed by atoms with Crippen LogP contribution >= 0.6 is 7.26 Å². The van der Waals surface area contributed by atoms with Gasteiger partial charge in [-0.25, -0.2) is 5.26 Å². The molecule has 0 atom stereocenters. The fourth-order valence-corrected chi connectivity index (χ4v) is 8.80. The highest BCUT2D eigenvalue weighted by atomic mass is 32.1. The molecule has 1 nitrogen and oxygen atoms in total. The molecule has 0 radical (unpaired) electrons. The van der Waals surface area contributed by atoms with Crippen molar-refractivity contribution in [3.63, 3.8) is 0 Å². The molecule has 0 fully saturated rings. The number of thiocyanates is 1. The van der Waals surface area contributed by atoms with Crippen LogP contribution in [0.2, 0.25) is 0 Å². The molecule has 3 heteroatoms. The van der Waals surface area contributed by atoms with Gasteiger partial charge < -0.3 is 12.6 Å². The third-order valence-corrected chi connectivity index (χ3v) is 11.8. The van der Waals surface area contributed by atoms with Crippen molar-refractivity contribution in [1.82, 2.24) is 0 Å². The maximum atomic E-state index is 7.13. The Labute approximate surface area is 198 Å². The van der Waals surface area contributed by atoms with Crippen molar-refractivity contribution in [3.8, 4) is 5.40 Å². The second kappa shape index (κ2) is 27.2. The highest BCUT2D eigenvalue weighted by Crippen LogP contribution is 2.60. The van der Waals surface area contributed by atoms with Crippen molar-refractivity contribution in [3.05, 3.63) is 0 Å². The largest absolute Gasteiger partial charge is 0.696 e. The van der Waals surface area contributed by atoms with E-state index in [0.29, 0.717) is 0 Å². The Bertz CT molecular complexity index is 312. The Balaban J connectivity index is 0. The van der Waals surface area contributed by atoms with Crippen LogP contribution in [0.4, 0.5) is 0 Å². The zero-order chi connectivity index (χ0) is 22.8. The highest BCUT2D eigenvalue weighted by molar-refractivity contribution is 7.75. The molecule has 0 aliphatic heterocycles. The monoisotopic (exact) mass is 457 g/mol. The average molecular weight is 458 g/mol. The summed E-state index contributed by atoms with van der Waals surface area (Å²) in [6, 6.07) is 0. The molecule has 0 spiro atoms. The molecular formula is C27H56NPS. The van der Waals surface area contributed by atoms with E-state index in [-0.39, 0.29) is 0 Å². The highest BCUT2D eigenvalue weighted by Gasteiger charge is 2.33. The lowest BCUT2D eigenvalue weighted by molar-refractivity contribution is 0.615. The second-order valence-electron chi connectivity index (χ2n) is 9.22. The zero-order valence-electron chi connectivity index (χ0n) is 21.4. The van der Waals surface area contributed by atoms with Gasteiger partial charge in [-0.15, -0.1) is 0 Å². The van der Waals surface area contributed by atoms with Crippen molar-refractivity contribution < 1.29 is 0 Å². The lowest BCUT2D eigenvalue weighted by Crippen LogP contribution is -2.11. The van der Waals surface area contributed by atoms with E-state index in [1.165, 1.54) is 127 Å². The summed E-state index contributed by atoms with van der Waals surface area (Å²) >= 11 is 3.70. The first kappa shape index (κ1) is 32.3. The van der Waals surface area contributed by atoms with E-state index in [0.717, 1.165) is 0 Å². The molecule has 0 aliphatic carbocycles. The van der Waals surface area contributed by atoms with E-state index in [1.807, 2.05) is 0 Å². The third kappa shape index (κ3) is 22.8. The van der Waals surface area contributed by atoms with Crippen molar-refractivity contribution in [1.29, 1.82) is 5.26 Å². The fraction of sp³-hybridized carbons (Fsp3) is 0.963. The van der Waals surface area contributed by atoms with Crippen LogP contribution < -0.4 is 0 Å². The third-order valence-electron chi connectivity index (χ3n) is 6.63. The van der Waals surface area contributed by atoms with E-state index in [4.69, 9.17) is 5.26 Å². The zero-order valence-corrected chi connectivity index (χ0v) is 23.1. The minimum atomic E-state index is -0.644. The van der Waals surface area contributed by atoms with Gasteiger partial charge in [0.05, 0.1) is 24.6 Å². The smallest absolute Gasteiger partial charge is 0.0594 e. The minimum absolute atomic E-state index is 0.644. The van der Waals surface area contributed by atoms with Gasteiger partial charge in [0.1, 0.15) is 0 Å². The fourth-order valence-electron chi connectivity index (χ4n) is 4.49. The van der Waals surface area contributed by atoms with Crippen LogP contribution in [0.5, 0.6) is 0 Å². The van der Waals surface area contributed by atoms with E-state index < -0.39 is 7.26 Å². The predicted octanol–water partition coefficient (Wildman–Crippen LogP) is 10.1. The Kier molecular flexibility index (Phi) is 29.3. The lowest BCUT2D eigenvalue weighted by atomic mass is 10.1. The molecule has 0 aromatic heterocycles. The van der Waals surface area contributed by atoms with Crippen LogP contribution in [0.15, 0.2) is 0 Å². The maximum Gasteiger partial charge on any atom is 0.0594 e. The molecule has 0 aromatic carbocycles. The number of unbranched alkanes of at least 4 members (excludes halogenated alkanes) is 15. The van der Waals surface area contributed by atoms with Gasteiger partial charge in [-0.2, -0.15) is 0 Å². The molecule has 0 aliphatic rings. The molecular weight excluding hydrogens is 401 g/mol. The molecule has 0 saturated heterocycles. The molecule has 0 N–H and O–H groups in total. The van der Waals surface area contributed by atoms with Crippen LogP contribution in [-0.2, 0) is 12.6 Å². The molecule has 180 valence electrons.